The smallest absolute Gasteiger partial charge is 0.251 e. The average Bonchev–Trinajstić information content (AvgIpc) is 3.19. The summed E-state index contributed by atoms with van der Waals surface area (Å²) >= 11 is 0. The highest BCUT2D eigenvalue weighted by Gasteiger charge is 2.21. The Hall–Kier alpha value is -2.29. The number of carbonyl (C=O) groups is 1. The highest BCUT2D eigenvalue weighted by molar-refractivity contribution is 7.89. The molecule has 0 saturated carbocycles. The van der Waals surface area contributed by atoms with Gasteiger partial charge in [0.05, 0.1) is 11.0 Å². The summed E-state index contributed by atoms with van der Waals surface area (Å²) in [6.45, 7) is 1.22. The molecule has 138 valence electrons. The molecule has 0 aliphatic carbocycles. The summed E-state index contributed by atoms with van der Waals surface area (Å²) in [6.07, 6.45) is 5.02. The van der Waals surface area contributed by atoms with E-state index >= 15 is 0 Å². The molecule has 1 aromatic carbocycles. The van der Waals surface area contributed by atoms with Crippen molar-refractivity contribution >= 4 is 15.9 Å². The van der Waals surface area contributed by atoms with E-state index in [0.29, 0.717) is 13.2 Å². The second kappa shape index (κ2) is 8.39. The number of nitrogens with one attached hydrogen (secondary N) is 2. The summed E-state index contributed by atoms with van der Waals surface area (Å²) < 4.78 is 32.8. The van der Waals surface area contributed by atoms with Crippen molar-refractivity contribution in [3.63, 3.8) is 0 Å². The van der Waals surface area contributed by atoms with Gasteiger partial charge in [0, 0.05) is 37.7 Å². The molecule has 1 amide bonds. The molecular weight excluding hydrogens is 354 g/mol. The maximum absolute atomic E-state index is 12.4. The molecule has 0 spiro atoms. The van der Waals surface area contributed by atoms with E-state index in [2.05, 4.69) is 15.0 Å². The fraction of sp³-hybridized carbons (Fsp3) is 0.333. The van der Waals surface area contributed by atoms with Gasteiger partial charge in [0.25, 0.3) is 5.91 Å². The minimum atomic E-state index is -3.69. The Morgan fingerprint density at radius 3 is 2.88 bits per heavy atom. The van der Waals surface area contributed by atoms with Crippen LogP contribution in [0.5, 0.6) is 0 Å². The van der Waals surface area contributed by atoms with Crippen LogP contribution in [0, 0.1) is 0 Å². The Kier molecular flexibility index (Phi) is 5.97. The van der Waals surface area contributed by atoms with Crippen molar-refractivity contribution in [3.05, 3.63) is 59.9 Å². The van der Waals surface area contributed by atoms with Crippen molar-refractivity contribution in [3.8, 4) is 0 Å². The minimum Gasteiger partial charge on any atom is -0.377 e. The van der Waals surface area contributed by atoms with Crippen LogP contribution in [0.3, 0.4) is 0 Å². The largest absolute Gasteiger partial charge is 0.377 e. The van der Waals surface area contributed by atoms with Crippen LogP contribution in [0.4, 0.5) is 0 Å². The standard InChI is InChI=1S/C18H21N3O4S/c22-18(20-12-14-4-2-8-19-11-14)15-5-1-7-17(10-15)26(23,24)21-13-16-6-3-9-25-16/h1-2,4-5,7-8,10-11,16,21H,3,6,9,12-13H2,(H,20,22)/t16-/m1/s1. The number of ether oxygens (including phenoxy) is 1. The van der Waals surface area contributed by atoms with Crippen LogP contribution in [-0.4, -0.2) is 38.6 Å². The quantitative estimate of drug-likeness (QED) is 0.764. The fourth-order valence-corrected chi connectivity index (χ4v) is 3.79. The number of hydrogen-bond donors (Lipinski definition) is 2. The van der Waals surface area contributed by atoms with Gasteiger partial charge in [0.2, 0.25) is 10.0 Å². The van der Waals surface area contributed by atoms with Gasteiger partial charge in [-0.1, -0.05) is 12.1 Å². The lowest BCUT2D eigenvalue weighted by atomic mass is 10.2. The highest BCUT2D eigenvalue weighted by Crippen LogP contribution is 2.14. The van der Waals surface area contributed by atoms with E-state index in [1.807, 2.05) is 6.07 Å². The molecule has 7 nitrogen and oxygen atoms in total. The molecule has 1 aliphatic rings. The maximum atomic E-state index is 12.4. The number of benzene rings is 1. The third-order valence-electron chi connectivity index (χ3n) is 4.11. The van der Waals surface area contributed by atoms with Crippen molar-refractivity contribution in [1.82, 2.24) is 15.0 Å². The second-order valence-electron chi connectivity index (χ2n) is 6.06. The highest BCUT2D eigenvalue weighted by atomic mass is 32.2. The van der Waals surface area contributed by atoms with Crippen molar-refractivity contribution < 1.29 is 17.9 Å². The molecule has 26 heavy (non-hydrogen) atoms. The van der Waals surface area contributed by atoms with E-state index in [0.717, 1.165) is 18.4 Å². The Bertz CT molecular complexity index is 850. The predicted molar refractivity (Wildman–Crippen MR) is 96.0 cm³/mol. The van der Waals surface area contributed by atoms with E-state index < -0.39 is 10.0 Å². The van der Waals surface area contributed by atoms with E-state index in [4.69, 9.17) is 4.74 Å². The first-order valence-electron chi connectivity index (χ1n) is 8.43. The number of pyridine rings is 1. The van der Waals surface area contributed by atoms with Gasteiger partial charge in [0.1, 0.15) is 0 Å². The fourth-order valence-electron chi connectivity index (χ4n) is 2.68. The van der Waals surface area contributed by atoms with Gasteiger partial charge in [-0.3, -0.25) is 9.78 Å². The van der Waals surface area contributed by atoms with Crippen molar-refractivity contribution in [2.75, 3.05) is 13.2 Å². The topological polar surface area (TPSA) is 97.4 Å². The summed E-state index contributed by atoms with van der Waals surface area (Å²) in [6, 6.07) is 9.61. The number of carbonyl (C=O) groups excluding carboxylic acids is 1. The van der Waals surface area contributed by atoms with Gasteiger partial charge in [-0.2, -0.15) is 0 Å². The summed E-state index contributed by atoms with van der Waals surface area (Å²) in [7, 11) is -3.69. The first-order chi connectivity index (χ1) is 12.5. The van der Waals surface area contributed by atoms with E-state index in [-0.39, 0.29) is 29.0 Å². The molecule has 1 atom stereocenters. The summed E-state index contributed by atoms with van der Waals surface area (Å²) in [5.74, 6) is -0.343. The van der Waals surface area contributed by atoms with Crippen LogP contribution in [0.15, 0.2) is 53.7 Å². The number of hydrogen-bond acceptors (Lipinski definition) is 5. The molecule has 0 bridgehead atoms. The molecule has 2 aromatic rings. The van der Waals surface area contributed by atoms with Crippen LogP contribution >= 0.6 is 0 Å². The van der Waals surface area contributed by atoms with Gasteiger partial charge in [0.15, 0.2) is 0 Å². The monoisotopic (exact) mass is 375 g/mol. The predicted octanol–water partition coefficient (Wildman–Crippen LogP) is 1.47. The van der Waals surface area contributed by atoms with Gasteiger partial charge < -0.3 is 10.1 Å². The first-order valence-corrected chi connectivity index (χ1v) is 9.91. The van der Waals surface area contributed by atoms with Crippen LogP contribution in [0.1, 0.15) is 28.8 Å². The molecule has 0 unspecified atom stereocenters. The molecule has 1 aromatic heterocycles. The Morgan fingerprint density at radius 2 is 2.15 bits per heavy atom. The van der Waals surface area contributed by atoms with E-state index in [9.17, 15) is 13.2 Å². The number of aromatic nitrogens is 1. The molecule has 1 saturated heterocycles. The van der Waals surface area contributed by atoms with Crippen LogP contribution in [0.2, 0.25) is 0 Å². The Morgan fingerprint density at radius 1 is 1.27 bits per heavy atom. The van der Waals surface area contributed by atoms with E-state index in [1.165, 1.54) is 12.1 Å². The second-order valence-corrected chi connectivity index (χ2v) is 7.83. The van der Waals surface area contributed by atoms with Crippen LogP contribution < -0.4 is 10.0 Å². The van der Waals surface area contributed by atoms with Gasteiger partial charge >= 0.3 is 0 Å². The molecular formula is C18H21N3O4S. The lowest BCUT2D eigenvalue weighted by Crippen LogP contribution is -2.32. The maximum Gasteiger partial charge on any atom is 0.251 e. The van der Waals surface area contributed by atoms with E-state index in [1.54, 1.807) is 30.6 Å². The molecule has 1 fully saturated rings. The number of amides is 1. The van der Waals surface area contributed by atoms with Gasteiger partial charge in [-0.05, 0) is 42.7 Å². The average molecular weight is 375 g/mol. The molecule has 3 rings (SSSR count). The molecule has 0 radical (unpaired) electrons. The summed E-state index contributed by atoms with van der Waals surface area (Å²) in [5.41, 5.74) is 1.15. The van der Waals surface area contributed by atoms with Crippen molar-refractivity contribution in [2.45, 2.75) is 30.4 Å². The minimum absolute atomic E-state index is 0.0597. The normalized spacial score (nSPS) is 17.2. The van der Waals surface area contributed by atoms with Crippen molar-refractivity contribution in [2.24, 2.45) is 0 Å². The Labute approximate surface area is 152 Å². The number of sulfonamides is 1. The molecule has 2 N–H and O–H groups in total. The zero-order valence-electron chi connectivity index (χ0n) is 14.2. The third kappa shape index (κ3) is 4.87. The van der Waals surface area contributed by atoms with Gasteiger partial charge in [-0.15, -0.1) is 0 Å². The van der Waals surface area contributed by atoms with Crippen LogP contribution in [-0.2, 0) is 21.3 Å². The number of nitrogens with zero attached hydrogens (tertiary/aromatic N) is 1. The lowest BCUT2D eigenvalue weighted by Gasteiger charge is -2.12. The molecule has 8 heteroatoms. The lowest BCUT2D eigenvalue weighted by molar-refractivity contribution is 0.0950. The van der Waals surface area contributed by atoms with Gasteiger partial charge in [-0.25, -0.2) is 13.1 Å². The Balaban J connectivity index is 1.63. The first kappa shape index (κ1) is 18.5. The zero-order valence-corrected chi connectivity index (χ0v) is 15.0. The van der Waals surface area contributed by atoms with Crippen molar-refractivity contribution in [1.29, 1.82) is 0 Å². The molecule has 2 heterocycles. The summed E-state index contributed by atoms with van der Waals surface area (Å²) in [5, 5.41) is 2.76. The SMILES string of the molecule is O=C(NCc1cccnc1)c1cccc(S(=O)(=O)NC[C@H]2CCCO2)c1. The third-order valence-corrected chi connectivity index (χ3v) is 5.53. The zero-order chi connectivity index (χ0) is 18.4. The van der Waals surface area contributed by atoms with Crippen LogP contribution in [0.25, 0.3) is 0 Å². The number of rotatable bonds is 7. The summed E-state index contributed by atoms with van der Waals surface area (Å²) in [4.78, 5) is 16.3. The molecule has 1 aliphatic heterocycles.